The van der Waals surface area contributed by atoms with Crippen LogP contribution in [0.1, 0.15) is 17.3 Å². The number of anilines is 1. The van der Waals surface area contributed by atoms with Gasteiger partial charge in [0, 0.05) is 16.0 Å². The minimum Gasteiger partial charge on any atom is -0.465 e. The van der Waals surface area contributed by atoms with E-state index < -0.39 is 0 Å². The van der Waals surface area contributed by atoms with Crippen LogP contribution in [0.4, 0.5) is 5.13 Å². The Balaban J connectivity index is 1.58. The number of nitrogens with zero attached hydrogens (tertiary/aromatic N) is 3. The lowest BCUT2D eigenvalue weighted by Gasteiger charge is -2.09. The molecule has 0 fully saturated rings. The zero-order valence-corrected chi connectivity index (χ0v) is 19.3. The molecule has 4 rings (SSSR count). The highest BCUT2D eigenvalue weighted by Gasteiger charge is 2.16. The molecule has 0 saturated heterocycles. The van der Waals surface area contributed by atoms with Gasteiger partial charge in [-0.3, -0.25) is 14.9 Å². The van der Waals surface area contributed by atoms with Crippen molar-refractivity contribution < 1.29 is 14.3 Å². The van der Waals surface area contributed by atoms with Gasteiger partial charge in [-0.15, -0.1) is 10.2 Å². The first-order valence-electron chi connectivity index (χ1n) is 9.62. The zero-order chi connectivity index (χ0) is 22.5. The van der Waals surface area contributed by atoms with Crippen molar-refractivity contribution in [2.45, 2.75) is 11.3 Å². The number of carbonyl (C=O) groups excluding carboxylic acids is 2. The lowest BCUT2D eigenvalue weighted by atomic mass is 10.0. The molecule has 0 bridgehead atoms. The molecular formula is C22H17ClN4O3S2. The number of aromatic nitrogens is 3. The Labute approximate surface area is 197 Å². The van der Waals surface area contributed by atoms with Gasteiger partial charge in [-0.25, -0.2) is 4.98 Å². The summed E-state index contributed by atoms with van der Waals surface area (Å²) >= 11 is 8.41. The van der Waals surface area contributed by atoms with Crippen LogP contribution < -0.4 is 5.32 Å². The average molecular weight is 485 g/mol. The topological polar surface area (TPSA) is 94.1 Å². The Morgan fingerprint density at radius 1 is 1.12 bits per heavy atom. The molecule has 0 aliphatic rings. The van der Waals surface area contributed by atoms with Crippen LogP contribution in [0.3, 0.4) is 0 Å². The molecule has 10 heteroatoms. The van der Waals surface area contributed by atoms with Crippen molar-refractivity contribution in [3.05, 3.63) is 65.2 Å². The molecule has 2 heterocycles. The van der Waals surface area contributed by atoms with E-state index in [1.54, 1.807) is 25.1 Å². The third-order valence-corrected chi connectivity index (χ3v) is 6.54. The highest BCUT2D eigenvalue weighted by atomic mass is 35.5. The smallest absolute Gasteiger partial charge is 0.316 e. The van der Waals surface area contributed by atoms with Crippen LogP contribution in [-0.4, -0.2) is 39.4 Å². The minimum absolute atomic E-state index is 0.135. The summed E-state index contributed by atoms with van der Waals surface area (Å²) in [4.78, 5) is 29.3. The molecule has 162 valence electrons. The molecule has 0 atom stereocenters. The number of pyridine rings is 1. The number of amides is 1. The van der Waals surface area contributed by atoms with Crippen molar-refractivity contribution in [3.63, 3.8) is 0 Å². The van der Waals surface area contributed by atoms with Gasteiger partial charge in [0.05, 0.1) is 29.1 Å². The van der Waals surface area contributed by atoms with Crippen molar-refractivity contribution in [2.24, 2.45) is 0 Å². The second kappa shape index (κ2) is 10.1. The summed E-state index contributed by atoms with van der Waals surface area (Å²) < 4.78 is 5.47. The van der Waals surface area contributed by atoms with Crippen molar-refractivity contribution in [1.82, 2.24) is 15.2 Å². The molecule has 32 heavy (non-hydrogen) atoms. The molecule has 2 aromatic carbocycles. The van der Waals surface area contributed by atoms with Crippen LogP contribution in [0.15, 0.2) is 58.9 Å². The van der Waals surface area contributed by atoms with E-state index in [2.05, 4.69) is 20.5 Å². The molecule has 0 aliphatic heterocycles. The van der Waals surface area contributed by atoms with Crippen LogP contribution in [0.5, 0.6) is 0 Å². The van der Waals surface area contributed by atoms with Crippen molar-refractivity contribution in [3.8, 4) is 11.3 Å². The van der Waals surface area contributed by atoms with Crippen molar-refractivity contribution in [1.29, 1.82) is 0 Å². The maximum absolute atomic E-state index is 13.1. The Morgan fingerprint density at radius 3 is 2.69 bits per heavy atom. The molecule has 0 spiro atoms. The molecule has 2 aromatic heterocycles. The number of hydrogen-bond donors (Lipinski definition) is 1. The van der Waals surface area contributed by atoms with Gasteiger partial charge in [-0.2, -0.15) is 0 Å². The van der Waals surface area contributed by atoms with Crippen LogP contribution >= 0.6 is 34.7 Å². The zero-order valence-electron chi connectivity index (χ0n) is 16.9. The number of carbonyl (C=O) groups is 2. The van der Waals surface area contributed by atoms with Gasteiger partial charge >= 0.3 is 5.97 Å². The lowest BCUT2D eigenvalue weighted by molar-refractivity contribution is -0.139. The highest BCUT2D eigenvalue weighted by Crippen LogP contribution is 2.29. The predicted molar refractivity (Wildman–Crippen MR) is 127 cm³/mol. The van der Waals surface area contributed by atoms with Crippen molar-refractivity contribution >= 4 is 62.6 Å². The summed E-state index contributed by atoms with van der Waals surface area (Å²) in [5.74, 6) is -0.510. The summed E-state index contributed by atoms with van der Waals surface area (Å²) in [5, 5.41) is 12.5. The predicted octanol–water partition coefficient (Wildman–Crippen LogP) is 5.31. The molecule has 1 N–H and O–H groups in total. The first-order chi connectivity index (χ1) is 15.5. The third kappa shape index (κ3) is 5.24. The molecule has 1 amide bonds. The van der Waals surface area contributed by atoms with Gasteiger partial charge in [0.25, 0.3) is 5.91 Å². The normalized spacial score (nSPS) is 10.8. The molecular weight excluding hydrogens is 468 g/mol. The number of para-hydroxylation sites is 1. The number of ether oxygens (including phenoxy) is 1. The highest BCUT2D eigenvalue weighted by molar-refractivity contribution is 8.01. The van der Waals surface area contributed by atoms with Gasteiger partial charge in [0.1, 0.15) is 0 Å². The van der Waals surface area contributed by atoms with E-state index in [-0.39, 0.29) is 17.6 Å². The standard InChI is InChI=1S/C22H17ClN4O3S2/c1-2-30-19(28)12-31-22-27-26-21(32-22)25-20(29)16-11-18(13-7-9-14(23)10-8-13)24-17-6-4-3-5-15(16)17/h3-11H,2,12H2,1H3,(H,25,26,29). The lowest BCUT2D eigenvalue weighted by Crippen LogP contribution is -2.13. The molecule has 0 aliphatic carbocycles. The van der Waals surface area contributed by atoms with Gasteiger partial charge in [-0.05, 0) is 31.2 Å². The number of nitrogens with one attached hydrogen (secondary N) is 1. The molecule has 0 saturated carbocycles. The first kappa shape index (κ1) is 22.2. The van der Waals surface area contributed by atoms with Crippen LogP contribution in [0.25, 0.3) is 22.2 Å². The van der Waals surface area contributed by atoms with Gasteiger partial charge in [0.15, 0.2) is 4.34 Å². The van der Waals surface area contributed by atoms with E-state index in [1.807, 2.05) is 36.4 Å². The van der Waals surface area contributed by atoms with E-state index in [1.165, 1.54) is 23.1 Å². The molecule has 0 unspecified atom stereocenters. The number of halogens is 1. The number of benzene rings is 2. The average Bonchev–Trinajstić information content (AvgIpc) is 3.25. The molecule has 7 nitrogen and oxygen atoms in total. The van der Waals surface area contributed by atoms with Crippen LogP contribution in [0, 0.1) is 0 Å². The Hall–Kier alpha value is -3.01. The van der Waals surface area contributed by atoms with Gasteiger partial charge in [-0.1, -0.05) is 65.0 Å². The summed E-state index contributed by atoms with van der Waals surface area (Å²) in [6.45, 7) is 2.08. The maximum atomic E-state index is 13.1. The van der Waals surface area contributed by atoms with E-state index in [0.717, 1.165) is 10.9 Å². The second-order valence-electron chi connectivity index (χ2n) is 6.50. The quantitative estimate of drug-likeness (QED) is 0.215. The maximum Gasteiger partial charge on any atom is 0.316 e. The summed E-state index contributed by atoms with van der Waals surface area (Å²) in [5.41, 5.74) is 2.68. The fraction of sp³-hybridized carbons (Fsp3) is 0.136. The third-order valence-electron chi connectivity index (χ3n) is 4.35. The largest absolute Gasteiger partial charge is 0.465 e. The fourth-order valence-electron chi connectivity index (χ4n) is 2.94. The SMILES string of the molecule is CCOC(=O)CSc1nnc(NC(=O)c2cc(-c3ccc(Cl)cc3)nc3ccccc23)s1. The number of fused-ring (bicyclic) bond motifs is 1. The Bertz CT molecular complexity index is 1280. The van der Waals surface area contributed by atoms with Crippen molar-refractivity contribution in [2.75, 3.05) is 17.7 Å². The summed E-state index contributed by atoms with van der Waals surface area (Å²) in [6.07, 6.45) is 0. The Morgan fingerprint density at radius 2 is 1.91 bits per heavy atom. The second-order valence-corrected chi connectivity index (χ2v) is 9.14. The fourth-order valence-corrected chi connectivity index (χ4v) is 4.61. The summed E-state index contributed by atoms with van der Waals surface area (Å²) in [6, 6.07) is 16.5. The number of rotatable bonds is 7. The van der Waals surface area contributed by atoms with Crippen LogP contribution in [0.2, 0.25) is 5.02 Å². The minimum atomic E-state index is -0.323. The first-order valence-corrected chi connectivity index (χ1v) is 11.8. The van der Waals surface area contributed by atoms with Crippen LogP contribution in [-0.2, 0) is 9.53 Å². The van der Waals surface area contributed by atoms with Gasteiger partial charge < -0.3 is 4.74 Å². The number of thioether (sulfide) groups is 1. The van der Waals surface area contributed by atoms with Gasteiger partial charge in [0.2, 0.25) is 5.13 Å². The molecule has 4 aromatic rings. The number of esters is 1. The molecule has 0 radical (unpaired) electrons. The van der Waals surface area contributed by atoms with E-state index in [9.17, 15) is 9.59 Å². The summed E-state index contributed by atoms with van der Waals surface area (Å²) in [7, 11) is 0. The van der Waals surface area contributed by atoms with E-state index in [4.69, 9.17) is 16.3 Å². The van der Waals surface area contributed by atoms with E-state index in [0.29, 0.717) is 37.9 Å². The monoisotopic (exact) mass is 484 g/mol. The number of hydrogen-bond acceptors (Lipinski definition) is 8. The van der Waals surface area contributed by atoms with E-state index >= 15 is 0 Å². The Kier molecular flexibility index (Phi) is 6.99.